The van der Waals surface area contributed by atoms with E-state index in [0.29, 0.717) is 19.9 Å². The number of benzene rings is 2. The SMILES string of the molecule is N#C[C@@H](C(=O)CSc1c(Cl)cccc1Cl)c1nc(-c2ccccc2)cs1. The summed E-state index contributed by atoms with van der Waals surface area (Å²) in [6, 6.07) is 16.9. The minimum Gasteiger partial charge on any atom is -0.297 e. The number of thiazole rings is 1. The third-order valence-corrected chi connectivity index (χ3v) is 6.49. The summed E-state index contributed by atoms with van der Waals surface area (Å²) in [6.45, 7) is 0. The van der Waals surface area contributed by atoms with E-state index in [0.717, 1.165) is 11.3 Å². The smallest absolute Gasteiger partial charge is 0.167 e. The molecule has 0 fully saturated rings. The predicted molar refractivity (Wildman–Crippen MR) is 108 cm³/mol. The molecule has 1 aromatic heterocycles. The van der Waals surface area contributed by atoms with Crippen molar-refractivity contribution in [2.75, 3.05) is 5.75 Å². The van der Waals surface area contributed by atoms with Crippen LogP contribution in [0.25, 0.3) is 11.3 Å². The van der Waals surface area contributed by atoms with Crippen LogP contribution in [0.15, 0.2) is 58.8 Å². The molecule has 3 rings (SSSR count). The van der Waals surface area contributed by atoms with Crippen molar-refractivity contribution in [1.29, 1.82) is 5.26 Å². The molecule has 1 heterocycles. The minimum atomic E-state index is -0.897. The molecule has 0 aliphatic rings. The molecule has 0 N–H and O–H groups in total. The molecule has 0 unspecified atom stereocenters. The minimum absolute atomic E-state index is 0.0991. The van der Waals surface area contributed by atoms with Crippen LogP contribution in [-0.4, -0.2) is 16.5 Å². The van der Waals surface area contributed by atoms with Crippen LogP contribution >= 0.6 is 46.3 Å². The quantitative estimate of drug-likeness (QED) is 0.454. The van der Waals surface area contributed by atoms with E-state index < -0.39 is 5.92 Å². The highest BCUT2D eigenvalue weighted by Gasteiger charge is 2.24. The van der Waals surface area contributed by atoms with Crippen molar-refractivity contribution in [2.45, 2.75) is 10.8 Å². The number of hydrogen-bond acceptors (Lipinski definition) is 5. The Labute approximate surface area is 169 Å². The van der Waals surface area contributed by atoms with Crippen LogP contribution in [0.1, 0.15) is 10.9 Å². The number of aromatic nitrogens is 1. The Bertz CT molecular complexity index is 947. The first-order valence-electron chi connectivity index (χ1n) is 7.60. The molecule has 0 saturated heterocycles. The molecule has 0 radical (unpaired) electrons. The van der Waals surface area contributed by atoms with Gasteiger partial charge in [-0.05, 0) is 12.1 Å². The Morgan fingerprint density at radius 2 is 1.85 bits per heavy atom. The van der Waals surface area contributed by atoms with Crippen molar-refractivity contribution >= 4 is 52.1 Å². The van der Waals surface area contributed by atoms with E-state index in [-0.39, 0.29) is 11.5 Å². The average Bonchev–Trinajstić information content (AvgIpc) is 3.12. The molecule has 26 heavy (non-hydrogen) atoms. The number of carbonyl (C=O) groups excluding carboxylic acids is 1. The molecule has 3 nitrogen and oxygen atoms in total. The van der Waals surface area contributed by atoms with Gasteiger partial charge in [-0.25, -0.2) is 4.98 Å². The van der Waals surface area contributed by atoms with E-state index in [1.165, 1.54) is 23.1 Å². The van der Waals surface area contributed by atoms with Crippen LogP contribution in [0.4, 0.5) is 0 Å². The summed E-state index contributed by atoms with van der Waals surface area (Å²) in [5, 5.41) is 12.8. The fourth-order valence-corrected chi connectivity index (χ4v) is 4.76. The van der Waals surface area contributed by atoms with Crippen LogP contribution in [0.3, 0.4) is 0 Å². The zero-order valence-electron chi connectivity index (χ0n) is 13.4. The second-order valence-electron chi connectivity index (χ2n) is 5.30. The van der Waals surface area contributed by atoms with E-state index in [4.69, 9.17) is 23.2 Å². The molecule has 0 saturated carbocycles. The number of thioether (sulfide) groups is 1. The number of carbonyl (C=O) groups is 1. The monoisotopic (exact) mass is 418 g/mol. The van der Waals surface area contributed by atoms with Gasteiger partial charge in [0.15, 0.2) is 11.7 Å². The second-order valence-corrected chi connectivity index (χ2v) is 7.99. The number of nitrogens with zero attached hydrogens (tertiary/aromatic N) is 2. The fraction of sp³-hybridized carbons (Fsp3) is 0.105. The molecule has 0 bridgehead atoms. The lowest BCUT2D eigenvalue weighted by Gasteiger charge is -2.08. The van der Waals surface area contributed by atoms with Crippen molar-refractivity contribution in [1.82, 2.24) is 4.98 Å². The van der Waals surface area contributed by atoms with Gasteiger partial charge in [0.05, 0.1) is 27.6 Å². The summed E-state index contributed by atoms with van der Waals surface area (Å²) in [6.07, 6.45) is 0. The lowest BCUT2D eigenvalue weighted by molar-refractivity contribution is -0.116. The van der Waals surface area contributed by atoms with Gasteiger partial charge in [0.1, 0.15) is 5.01 Å². The number of halogens is 2. The number of nitriles is 1. The van der Waals surface area contributed by atoms with Crippen molar-refractivity contribution in [3.05, 3.63) is 69.0 Å². The van der Waals surface area contributed by atoms with Crippen molar-refractivity contribution < 1.29 is 4.79 Å². The van der Waals surface area contributed by atoms with Gasteiger partial charge in [-0.1, -0.05) is 59.6 Å². The van der Waals surface area contributed by atoms with Crippen LogP contribution in [0, 0.1) is 11.3 Å². The van der Waals surface area contributed by atoms with Crippen LogP contribution < -0.4 is 0 Å². The van der Waals surface area contributed by atoms with Gasteiger partial charge < -0.3 is 0 Å². The maximum Gasteiger partial charge on any atom is 0.167 e. The number of ketones is 1. The van der Waals surface area contributed by atoms with Gasteiger partial charge in [0.2, 0.25) is 0 Å². The third-order valence-electron chi connectivity index (χ3n) is 3.57. The summed E-state index contributed by atoms with van der Waals surface area (Å²) >= 11 is 14.8. The molecule has 0 amide bonds. The van der Waals surface area contributed by atoms with E-state index in [9.17, 15) is 10.1 Å². The van der Waals surface area contributed by atoms with Crippen LogP contribution in [-0.2, 0) is 4.79 Å². The van der Waals surface area contributed by atoms with Gasteiger partial charge in [-0.3, -0.25) is 4.79 Å². The first kappa shape index (κ1) is 18.9. The summed E-state index contributed by atoms with van der Waals surface area (Å²) < 4.78 is 0. The van der Waals surface area contributed by atoms with Crippen molar-refractivity contribution in [3.63, 3.8) is 0 Å². The molecule has 0 aliphatic carbocycles. The lowest BCUT2D eigenvalue weighted by atomic mass is 10.1. The number of hydrogen-bond donors (Lipinski definition) is 0. The van der Waals surface area contributed by atoms with Crippen LogP contribution in [0.5, 0.6) is 0 Å². The standard InChI is InChI=1S/C19H12Cl2N2OS2/c20-14-7-4-8-15(21)18(14)25-11-17(24)13(9-22)19-23-16(10-26-19)12-5-2-1-3-6-12/h1-8,10,13H,11H2/t13-/m0/s1. The molecule has 2 aromatic carbocycles. The van der Waals surface area contributed by atoms with Crippen molar-refractivity contribution in [3.8, 4) is 17.3 Å². The molecule has 130 valence electrons. The van der Waals surface area contributed by atoms with Crippen LogP contribution in [0.2, 0.25) is 10.0 Å². The molecule has 0 spiro atoms. The summed E-state index contributed by atoms with van der Waals surface area (Å²) in [4.78, 5) is 17.7. The number of Topliss-reactive ketones (excluding diaryl/α,β-unsaturated/α-hetero) is 1. The Hall–Kier alpha value is -1.84. The third kappa shape index (κ3) is 4.28. The highest BCUT2D eigenvalue weighted by atomic mass is 35.5. The van der Waals surface area contributed by atoms with E-state index >= 15 is 0 Å². The van der Waals surface area contributed by atoms with E-state index in [2.05, 4.69) is 11.1 Å². The Morgan fingerprint density at radius 3 is 2.50 bits per heavy atom. The number of rotatable bonds is 6. The summed E-state index contributed by atoms with van der Waals surface area (Å²) in [5.41, 5.74) is 1.72. The first-order chi connectivity index (χ1) is 12.6. The maximum absolute atomic E-state index is 12.6. The first-order valence-corrected chi connectivity index (χ1v) is 10.2. The molecule has 7 heteroatoms. The van der Waals surface area contributed by atoms with Crippen molar-refractivity contribution in [2.24, 2.45) is 0 Å². The Kier molecular flexibility index (Phi) is 6.33. The normalized spacial score (nSPS) is 11.7. The molecule has 1 atom stereocenters. The van der Waals surface area contributed by atoms with Gasteiger partial charge in [-0.2, -0.15) is 5.26 Å². The highest BCUT2D eigenvalue weighted by Crippen LogP contribution is 2.35. The largest absolute Gasteiger partial charge is 0.297 e. The zero-order chi connectivity index (χ0) is 18.5. The zero-order valence-corrected chi connectivity index (χ0v) is 16.5. The summed E-state index contributed by atoms with van der Waals surface area (Å²) in [5.74, 6) is -1.02. The Balaban J connectivity index is 1.74. The summed E-state index contributed by atoms with van der Waals surface area (Å²) in [7, 11) is 0. The van der Waals surface area contributed by atoms with Gasteiger partial charge in [-0.15, -0.1) is 23.1 Å². The molecular weight excluding hydrogens is 407 g/mol. The molecular formula is C19H12Cl2N2OS2. The fourth-order valence-electron chi connectivity index (χ4n) is 2.27. The lowest BCUT2D eigenvalue weighted by Crippen LogP contribution is -2.13. The maximum atomic E-state index is 12.6. The predicted octanol–water partition coefficient (Wildman–Crippen LogP) is 6.09. The topological polar surface area (TPSA) is 53.8 Å². The van der Waals surface area contributed by atoms with E-state index in [1.54, 1.807) is 18.2 Å². The second kappa shape index (κ2) is 8.70. The van der Waals surface area contributed by atoms with E-state index in [1.807, 2.05) is 35.7 Å². The average molecular weight is 419 g/mol. The molecule has 3 aromatic rings. The molecule has 0 aliphatic heterocycles. The Morgan fingerprint density at radius 1 is 1.15 bits per heavy atom. The van der Waals surface area contributed by atoms with Gasteiger partial charge in [0.25, 0.3) is 0 Å². The van der Waals surface area contributed by atoms with Gasteiger partial charge >= 0.3 is 0 Å². The van der Waals surface area contributed by atoms with Gasteiger partial charge in [0, 0.05) is 15.8 Å². The highest BCUT2D eigenvalue weighted by molar-refractivity contribution is 8.00.